The fourth-order valence-corrected chi connectivity index (χ4v) is 3.39. The summed E-state index contributed by atoms with van der Waals surface area (Å²) in [6, 6.07) is 11.0. The van der Waals surface area contributed by atoms with E-state index in [1.807, 2.05) is 12.1 Å². The lowest BCUT2D eigenvalue weighted by molar-refractivity contribution is 0.314. The van der Waals surface area contributed by atoms with E-state index in [1.54, 1.807) is 13.0 Å². The topological polar surface area (TPSA) is 9.23 Å². The zero-order valence-corrected chi connectivity index (χ0v) is 13.4. The first-order valence-electron chi connectivity index (χ1n) is 8.42. The van der Waals surface area contributed by atoms with Gasteiger partial charge in [0.1, 0.15) is 0 Å². The van der Waals surface area contributed by atoms with Gasteiger partial charge >= 0.3 is 0 Å². The zero-order chi connectivity index (χ0) is 16.2. The van der Waals surface area contributed by atoms with Crippen molar-refractivity contribution in [1.82, 2.24) is 0 Å². The molecule has 0 amide bonds. The van der Waals surface area contributed by atoms with Gasteiger partial charge in [-0.05, 0) is 48.9 Å². The zero-order valence-electron chi connectivity index (χ0n) is 13.4. The Hall–Kier alpha value is -1.90. The minimum atomic E-state index is -0.916. The van der Waals surface area contributed by atoms with Crippen LogP contribution in [0.5, 0.6) is 5.75 Å². The van der Waals surface area contributed by atoms with Crippen molar-refractivity contribution in [2.75, 3.05) is 6.61 Å². The minimum absolute atomic E-state index is 0.0347. The van der Waals surface area contributed by atoms with Gasteiger partial charge < -0.3 is 4.74 Å². The first-order valence-corrected chi connectivity index (χ1v) is 8.42. The Balaban J connectivity index is 1.85. The van der Waals surface area contributed by atoms with Crippen molar-refractivity contribution < 1.29 is 13.5 Å². The predicted octanol–water partition coefficient (Wildman–Crippen LogP) is 6.08. The standard InChI is InChI=1S/C20H22F2O/c1-2-23-18-13-12-17(19(21)20(18)22)16-10-8-15(9-11-16)14-6-4-3-5-7-14/h8-14H,2-7H2,1H3. The number of hydrogen-bond donors (Lipinski definition) is 0. The first-order chi connectivity index (χ1) is 11.2. The fraction of sp³-hybridized carbons (Fsp3) is 0.400. The second kappa shape index (κ2) is 7.12. The molecule has 1 saturated carbocycles. The van der Waals surface area contributed by atoms with Crippen LogP contribution in [0.3, 0.4) is 0 Å². The van der Waals surface area contributed by atoms with E-state index in [9.17, 15) is 8.78 Å². The molecule has 2 aromatic carbocycles. The smallest absolute Gasteiger partial charge is 0.201 e. The summed E-state index contributed by atoms with van der Waals surface area (Å²) < 4.78 is 33.4. The van der Waals surface area contributed by atoms with Crippen LogP contribution in [0.15, 0.2) is 36.4 Å². The highest BCUT2D eigenvalue weighted by molar-refractivity contribution is 5.65. The van der Waals surface area contributed by atoms with Crippen LogP contribution < -0.4 is 4.74 Å². The Kier molecular flexibility index (Phi) is 4.94. The van der Waals surface area contributed by atoms with Crippen molar-refractivity contribution in [3.8, 4) is 16.9 Å². The van der Waals surface area contributed by atoms with E-state index in [1.165, 1.54) is 43.7 Å². The highest BCUT2D eigenvalue weighted by atomic mass is 19.2. The van der Waals surface area contributed by atoms with Crippen molar-refractivity contribution in [3.05, 3.63) is 53.6 Å². The third-order valence-electron chi connectivity index (χ3n) is 4.64. The lowest BCUT2D eigenvalue weighted by atomic mass is 9.83. The van der Waals surface area contributed by atoms with Crippen LogP contribution in [0.25, 0.3) is 11.1 Å². The molecule has 122 valence electrons. The van der Waals surface area contributed by atoms with Gasteiger partial charge in [0.15, 0.2) is 11.6 Å². The van der Waals surface area contributed by atoms with Gasteiger partial charge in [0.2, 0.25) is 5.82 Å². The van der Waals surface area contributed by atoms with Gasteiger partial charge in [-0.1, -0.05) is 43.5 Å². The average molecular weight is 316 g/mol. The molecular weight excluding hydrogens is 294 g/mol. The molecule has 3 rings (SSSR count). The third kappa shape index (κ3) is 3.39. The molecule has 1 nitrogen and oxygen atoms in total. The molecule has 3 heteroatoms. The van der Waals surface area contributed by atoms with Gasteiger partial charge in [-0.3, -0.25) is 0 Å². The van der Waals surface area contributed by atoms with Crippen molar-refractivity contribution in [1.29, 1.82) is 0 Å². The van der Waals surface area contributed by atoms with Gasteiger partial charge in [-0.2, -0.15) is 4.39 Å². The normalized spacial score (nSPS) is 15.6. The molecule has 0 aromatic heterocycles. The highest BCUT2D eigenvalue weighted by Crippen LogP contribution is 2.35. The van der Waals surface area contributed by atoms with Crippen LogP contribution in [0.1, 0.15) is 50.5 Å². The van der Waals surface area contributed by atoms with Crippen LogP contribution in [0, 0.1) is 11.6 Å². The number of ether oxygens (including phenoxy) is 1. The quantitative estimate of drug-likeness (QED) is 0.664. The van der Waals surface area contributed by atoms with Crippen molar-refractivity contribution in [3.63, 3.8) is 0 Å². The summed E-state index contributed by atoms with van der Waals surface area (Å²) in [5.41, 5.74) is 2.28. The molecule has 0 bridgehead atoms. The molecule has 0 radical (unpaired) electrons. The number of rotatable bonds is 4. The van der Waals surface area contributed by atoms with Crippen molar-refractivity contribution >= 4 is 0 Å². The van der Waals surface area contributed by atoms with E-state index >= 15 is 0 Å². The minimum Gasteiger partial charge on any atom is -0.491 e. The van der Waals surface area contributed by atoms with Gasteiger partial charge in [0.25, 0.3) is 0 Å². The lowest BCUT2D eigenvalue weighted by Gasteiger charge is -2.22. The molecule has 0 spiro atoms. The number of hydrogen-bond acceptors (Lipinski definition) is 1. The second-order valence-electron chi connectivity index (χ2n) is 6.13. The van der Waals surface area contributed by atoms with Crippen LogP contribution in [0.2, 0.25) is 0 Å². The summed E-state index contributed by atoms with van der Waals surface area (Å²) in [5, 5.41) is 0. The van der Waals surface area contributed by atoms with Crippen LogP contribution >= 0.6 is 0 Å². The second-order valence-corrected chi connectivity index (χ2v) is 6.13. The molecule has 0 atom stereocenters. The maximum atomic E-state index is 14.3. The Morgan fingerprint density at radius 1 is 0.913 bits per heavy atom. The van der Waals surface area contributed by atoms with E-state index in [4.69, 9.17) is 4.74 Å². The molecule has 0 heterocycles. The Morgan fingerprint density at radius 2 is 1.61 bits per heavy atom. The number of halogens is 2. The molecule has 2 aromatic rings. The predicted molar refractivity (Wildman–Crippen MR) is 88.8 cm³/mol. The summed E-state index contributed by atoms with van der Waals surface area (Å²) in [7, 11) is 0. The molecule has 23 heavy (non-hydrogen) atoms. The first kappa shape index (κ1) is 16.0. The van der Waals surface area contributed by atoms with Gasteiger partial charge in [0, 0.05) is 5.56 Å². The highest BCUT2D eigenvalue weighted by Gasteiger charge is 2.18. The van der Waals surface area contributed by atoms with E-state index < -0.39 is 11.6 Å². The summed E-state index contributed by atoms with van der Waals surface area (Å²) in [5.74, 6) is -1.19. The maximum absolute atomic E-state index is 14.3. The van der Waals surface area contributed by atoms with E-state index in [0.717, 1.165) is 0 Å². The fourth-order valence-electron chi connectivity index (χ4n) is 3.39. The largest absolute Gasteiger partial charge is 0.491 e. The van der Waals surface area contributed by atoms with Gasteiger partial charge in [-0.25, -0.2) is 4.39 Å². The molecule has 1 aliphatic carbocycles. The van der Waals surface area contributed by atoms with Crippen LogP contribution in [0.4, 0.5) is 8.78 Å². The molecular formula is C20H22F2O. The summed E-state index contributed by atoms with van der Waals surface area (Å²) in [4.78, 5) is 0. The van der Waals surface area contributed by atoms with Crippen molar-refractivity contribution in [2.45, 2.75) is 44.9 Å². The van der Waals surface area contributed by atoms with Crippen LogP contribution in [-0.2, 0) is 0 Å². The Labute approximate surface area is 136 Å². The van der Waals surface area contributed by atoms with Crippen LogP contribution in [-0.4, -0.2) is 6.61 Å². The molecule has 0 N–H and O–H groups in total. The molecule has 0 saturated heterocycles. The van der Waals surface area contributed by atoms with Crippen molar-refractivity contribution in [2.24, 2.45) is 0 Å². The summed E-state index contributed by atoms with van der Waals surface area (Å²) in [6.45, 7) is 2.06. The summed E-state index contributed by atoms with van der Waals surface area (Å²) >= 11 is 0. The summed E-state index contributed by atoms with van der Waals surface area (Å²) in [6.07, 6.45) is 6.35. The molecule has 0 unspecified atom stereocenters. The molecule has 1 fully saturated rings. The van der Waals surface area contributed by atoms with E-state index in [-0.39, 0.29) is 11.3 Å². The maximum Gasteiger partial charge on any atom is 0.201 e. The van der Waals surface area contributed by atoms with E-state index in [0.29, 0.717) is 18.1 Å². The lowest BCUT2D eigenvalue weighted by Crippen LogP contribution is -2.04. The Morgan fingerprint density at radius 3 is 2.26 bits per heavy atom. The number of benzene rings is 2. The molecule has 0 aliphatic heterocycles. The Bertz CT molecular complexity index is 658. The molecule has 1 aliphatic rings. The average Bonchev–Trinajstić information content (AvgIpc) is 2.60. The van der Waals surface area contributed by atoms with Gasteiger partial charge in [-0.15, -0.1) is 0 Å². The third-order valence-corrected chi connectivity index (χ3v) is 4.64. The van der Waals surface area contributed by atoms with Gasteiger partial charge in [0.05, 0.1) is 6.61 Å². The monoisotopic (exact) mass is 316 g/mol. The van der Waals surface area contributed by atoms with E-state index in [2.05, 4.69) is 12.1 Å². The SMILES string of the molecule is CCOc1ccc(-c2ccc(C3CCCCC3)cc2)c(F)c1F.